The molecule has 1 saturated carbocycles. The molecule has 0 spiro atoms. The van der Waals surface area contributed by atoms with Gasteiger partial charge < -0.3 is 5.11 Å². The highest BCUT2D eigenvalue weighted by Gasteiger charge is 2.68. The lowest BCUT2D eigenvalue weighted by Gasteiger charge is -2.49. The number of rotatable bonds is 4. The van der Waals surface area contributed by atoms with Gasteiger partial charge in [-0.3, -0.25) is 34.2 Å². The first-order valence-electron chi connectivity index (χ1n) is 14.5. The summed E-state index contributed by atoms with van der Waals surface area (Å²) in [6.45, 7) is 1.64. The topological polar surface area (TPSA) is 138 Å². The fourth-order valence-electron chi connectivity index (χ4n) is 7.96. The van der Waals surface area contributed by atoms with Crippen molar-refractivity contribution in [2.24, 2.45) is 29.1 Å². The number of imide groups is 2. The number of nitro benzene ring substituents is 1. The maximum Gasteiger partial charge on any atom is 0.269 e. The maximum atomic E-state index is 14.4. The van der Waals surface area contributed by atoms with Gasteiger partial charge in [0.05, 0.1) is 44.5 Å². The summed E-state index contributed by atoms with van der Waals surface area (Å²) in [6, 6.07) is 13.1. The molecule has 10 nitrogen and oxygen atoms in total. The van der Waals surface area contributed by atoms with Crippen LogP contribution < -0.4 is 9.80 Å². The van der Waals surface area contributed by atoms with Crippen molar-refractivity contribution in [1.29, 1.82) is 0 Å². The number of hydrogen-bond donors (Lipinski definition) is 1. The molecule has 13 heteroatoms. The number of phenolic OH excluding ortho intramolecular Hbond substituents is 1. The normalized spacial score (nSPS) is 28.6. The van der Waals surface area contributed by atoms with Crippen molar-refractivity contribution in [3.8, 4) is 5.75 Å². The Labute approximate surface area is 271 Å². The number of benzene rings is 3. The highest BCUT2D eigenvalue weighted by atomic mass is 35.5. The molecule has 46 heavy (non-hydrogen) atoms. The lowest BCUT2D eigenvalue weighted by molar-refractivity contribution is -0.384. The van der Waals surface area contributed by atoms with E-state index in [9.17, 15) is 38.8 Å². The van der Waals surface area contributed by atoms with Crippen LogP contribution in [0.5, 0.6) is 5.75 Å². The van der Waals surface area contributed by atoms with Gasteiger partial charge in [0.1, 0.15) is 11.6 Å². The zero-order valence-corrected chi connectivity index (χ0v) is 25.5. The molecule has 4 aliphatic rings. The molecule has 2 heterocycles. The van der Waals surface area contributed by atoms with Crippen LogP contribution >= 0.6 is 23.2 Å². The maximum absolute atomic E-state index is 14.4. The molecule has 0 aromatic heterocycles. The summed E-state index contributed by atoms with van der Waals surface area (Å²) in [5.41, 5.74) is -0.469. The van der Waals surface area contributed by atoms with Crippen LogP contribution in [0.4, 0.5) is 21.5 Å². The molecule has 3 aromatic rings. The van der Waals surface area contributed by atoms with E-state index in [1.165, 1.54) is 54.6 Å². The van der Waals surface area contributed by atoms with E-state index < -0.39 is 69.4 Å². The molecule has 234 valence electrons. The van der Waals surface area contributed by atoms with Crippen LogP contribution in [0.3, 0.4) is 0 Å². The summed E-state index contributed by atoms with van der Waals surface area (Å²) in [5, 5.41) is 22.3. The lowest BCUT2D eigenvalue weighted by Crippen LogP contribution is -2.48. The Balaban J connectivity index is 1.36. The molecule has 3 aromatic carbocycles. The highest BCUT2D eigenvalue weighted by Crippen LogP contribution is 2.64. The number of carbonyl (C=O) groups excluding carboxylic acids is 4. The Morgan fingerprint density at radius 1 is 0.913 bits per heavy atom. The molecule has 1 N–H and O–H groups in total. The Kier molecular flexibility index (Phi) is 6.84. The van der Waals surface area contributed by atoms with E-state index in [0.717, 1.165) is 15.9 Å². The highest BCUT2D eigenvalue weighted by molar-refractivity contribution is 6.32. The van der Waals surface area contributed by atoms with Gasteiger partial charge in [0.2, 0.25) is 23.6 Å². The quantitative estimate of drug-likeness (QED) is 0.152. The number of nitro groups is 1. The molecule has 6 atom stereocenters. The van der Waals surface area contributed by atoms with E-state index in [0.29, 0.717) is 11.1 Å². The van der Waals surface area contributed by atoms with Crippen molar-refractivity contribution in [3.63, 3.8) is 0 Å². The molecule has 2 aliphatic carbocycles. The lowest BCUT2D eigenvalue weighted by atomic mass is 9.51. The third kappa shape index (κ3) is 4.14. The van der Waals surface area contributed by atoms with Crippen LogP contribution in [-0.4, -0.2) is 33.7 Å². The Hall–Kier alpha value is -4.61. The summed E-state index contributed by atoms with van der Waals surface area (Å²) >= 11 is 12.4. The fourth-order valence-corrected chi connectivity index (χ4v) is 8.32. The average Bonchev–Trinajstić information content (AvgIpc) is 3.39. The number of non-ortho nitro benzene ring substituents is 1. The van der Waals surface area contributed by atoms with Crippen LogP contribution in [0.15, 0.2) is 72.3 Å². The first-order valence-corrected chi connectivity index (χ1v) is 15.2. The van der Waals surface area contributed by atoms with Crippen LogP contribution in [-0.2, 0) is 19.2 Å². The number of aromatic hydroxyl groups is 1. The van der Waals surface area contributed by atoms with Crippen LogP contribution in [0.25, 0.3) is 0 Å². The third-order valence-corrected chi connectivity index (χ3v) is 10.6. The van der Waals surface area contributed by atoms with Crippen molar-refractivity contribution >= 4 is 63.9 Å². The minimum absolute atomic E-state index is 0.0461. The number of amides is 4. The first kappa shape index (κ1) is 30.1. The Morgan fingerprint density at radius 3 is 2.28 bits per heavy atom. The van der Waals surface area contributed by atoms with Crippen molar-refractivity contribution in [3.05, 3.63) is 104 Å². The summed E-state index contributed by atoms with van der Waals surface area (Å²) in [4.78, 5) is 69.1. The molecule has 2 saturated heterocycles. The van der Waals surface area contributed by atoms with Crippen LogP contribution in [0.2, 0.25) is 10.0 Å². The standard InChI is InChI=1S/C33H24Cl2FN3O7/c1-33-23(30(42)38(32(33)44)18-7-10-25(36)24(35)13-18)14-21-19(28(33)22-12-15(34)2-11-26(22)40)8-9-20-27(21)31(43)37(29(20)41)16-3-5-17(6-4-16)39(45)46/h2-8,10-13,20-21,23,27-28,40H,9,14H2,1H3. The molecule has 0 radical (unpaired) electrons. The van der Waals surface area contributed by atoms with Gasteiger partial charge in [0, 0.05) is 28.6 Å². The van der Waals surface area contributed by atoms with Gasteiger partial charge >= 0.3 is 0 Å². The SMILES string of the molecule is CC12C(=O)N(c3ccc(F)c(Cl)c3)C(=O)C1CC1C(=CCC3C(=O)N(c4ccc([N+](=O)[O-])cc4)C(=O)C31)C2c1cc(Cl)ccc1O. The number of carbonyl (C=O) groups is 4. The second kappa shape index (κ2) is 10.5. The smallest absolute Gasteiger partial charge is 0.269 e. The summed E-state index contributed by atoms with van der Waals surface area (Å²) < 4.78 is 14.1. The monoisotopic (exact) mass is 663 g/mol. The van der Waals surface area contributed by atoms with Gasteiger partial charge in [-0.15, -0.1) is 0 Å². The fraction of sp³-hybridized carbons (Fsp3) is 0.273. The van der Waals surface area contributed by atoms with Gasteiger partial charge in [-0.25, -0.2) is 9.29 Å². The molecular formula is C33H24Cl2FN3O7. The zero-order valence-electron chi connectivity index (χ0n) is 24.0. The van der Waals surface area contributed by atoms with E-state index in [1.54, 1.807) is 6.92 Å². The van der Waals surface area contributed by atoms with Crippen LogP contribution in [0.1, 0.15) is 31.2 Å². The van der Waals surface area contributed by atoms with Gasteiger partial charge in [0.15, 0.2) is 0 Å². The minimum atomic E-state index is -1.46. The second-order valence-corrected chi connectivity index (χ2v) is 13.1. The third-order valence-electron chi connectivity index (χ3n) is 10.1. The summed E-state index contributed by atoms with van der Waals surface area (Å²) in [7, 11) is 0. The number of anilines is 2. The average molecular weight is 664 g/mol. The number of halogens is 3. The predicted molar refractivity (Wildman–Crippen MR) is 165 cm³/mol. The van der Waals surface area contributed by atoms with Crippen LogP contribution in [0, 0.1) is 45.0 Å². The number of allylic oxidation sites excluding steroid dienone is 2. The number of nitrogens with zero attached hydrogens (tertiary/aromatic N) is 3. The largest absolute Gasteiger partial charge is 0.508 e. The van der Waals surface area contributed by atoms with Gasteiger partial charge in [-0.05, 0) is 74.2 Å². The van der Waals surface area contributed by atoms with E-state index in [-0.39, 0.29) is 45.7 Å². The molecule has 2 aliphatic heterocycles. The van der Waals surface area contributed by atoms with Gasteiger partial charge in [-0.1, -0.05) is 34.9 Å². The minimum Gasteiger partial charge on any atom is -0.508 e. The van der Waals surface area contributed by atoms with Crippen molar-refractivity contribution in [2.75, 3.05) is 9.80 Å². The predicted octanol–water partition coefficient (Wildman–Crippen LogP) is 6.18. The summed E-state index contributed by atoms with van der Waals surface area (Å²) in [5.74, 6) is -7.28. The number of phenols is 1. The molecule has 0 bridgehead atoms. The van der Waals surface area contributed by atoms with E-state index in [1.807, 2.05) is 6.08 Å². The van der Waals surface area contributed by atoms with E-state index >= 15 is 0 Å². The Bertz CT molecular complexity index is 1930. The first-order chi connectivity index (χ1) is 21.8. The van der Waals surface area contributed by atoms with E-state index in [4.69, 9.17) is 23.2 Å². The van der Waals surface area contributed by atoms with Crippen molar-refractivity contribution < 1.29 is 33.6 Å². The molecule has 3 fully saturated rings. The zero-order chi connectivity index (χ0) is 32.8. The van der Waals surface area contributed by atoms with Crippen molar-refractivity contribution in [1.82, 2.24) is 0 Å². The molecular weight excluding hydrogens is 640 g/mol. The van der Waals surface area contributed by atoms with Gasteiger partial charge in [-0.2, -0.15) is 0 Å². The van der Waals surface area contributed by atoms with E-state index in [2.05, 4.69) is 0 Å². The number of fused-ring (bicyclic) bond motifs is 4. The molecule has 7 rings (SSSR count). The number of hydrogen-bond acceptors (Lipinski definition) is 7. The second-order valence-electron chi connectivity index (χ2n) is 12.2. The molecule has 6 unspecified atom stereocenters. The summed E-state index contributed by atoms with van der Waals surface area (Å²) in [6.07, 6.45) is 2.02. The molecule has 4 amide bonds. The Morgan fingerprint density at radius 2 is 1.61 bits per heavy atom. The van der Waals surface area contributed by atoms with Crippen molar-refractivity contribution in [2.45, 2.75) is 25.7 Å². The van der Waals surface area contributed by atoms with Gasteiger partial charge in [0.25, 0.3) is 5.69 Å².